The first-order chi connectivity index (χ1) is 19.0. The van der Waals surface area contributed by atoms with Crippen molar-refractivity contribution in [2.75, 3.05) is 29.6 Å². The van der Waals surface area contributed by atoms with Crippen LogP contribution in [0.15, 0.2) is 84.4 Å². The summed E-state index contributed by atoms with van der Waals surface area (Å²) in [6, 6.07) is 22.6. The second kappa shape index (κ2) is 10.1. The molecule has 0 bridgehead atoms. The lowest BCUT2D eigenvalue weighted by molar-refractivity contribution is -0.122. The molecule has 0 radical (unpaired) electrons. The molecule has 0 N–H and O–H groups in total. The summed E-state index contributed by atoms with van der Waals surface area (Å²) in [5.74, 6) is -1.21. The minimum Gasteiger partial charge on any atom is -0.487 e. The summed E-state index contributed by atoms with van der Waals surface area (Å²) >= 11 is 0. The van der Waals surface area contributed by atoms with Crippen LogP contribution in [0, 0.1) is 24.7 Å². The van der Waals surface area contributed by atoms with Gasteiger partial charge in [-0.05, 0) is 67.8 Å². The summed E-state index contributed by atoms with van der Waals surface area (Å²) in [4.78, 5) is 43.8. The van der Waals surface area contributed by atoms with Crippen LogP contribution in [0.5, 0.6) is 5.75 Å². The van der Waals surface area contributed by atoms with Crippen LogP contribution in [0.25, 0.3) is 0 Å². The van der Waals surface area contributed by atoms with Gasteiger partial charge in [-0.2, -0.15) is 0 Å². The number of ether oxygens (including phenoxy) is 2. The van der Waals surface area contributed by atoms with E-state index in [2.05, 4.69) is 11.0 Å². The second-order valence-electron chi connectivity index (χ2n) is 10.1. The van der Waals surface area contributed by atoms with Gasteiger partial charge in [0.2, 0.25) is 11.8 Å². The Balaban J connectivity index is 1.46. The Morgan fingerprint density at radius 2 is 1.62 bits per heavy atom. The van der Waals surface area contributed by atoms with Gasteiger partial charge in [0.25, 0.3) is 0 Å². The SMILES string of the molecule is CCOC(=O)c1ccc2c(c1C)N(c1ccccc1)C[C@@H]1C(=CC[C@@H]3C(=O)N(c4ccccc4)C(=O)[C@@H]31)CO2. The van der Waals surface area contributed by atoms with Gasteiger partial charge in [-0.15, -0.1) is 0 Å². The Labute approximate surface area is 227 Å². The summed E-state index contributed by atoms with van der Waals surface area (Å²) < 4.78 is 11.7. The van der Waals surface area contributed by atoms with Gasteiger partial charge in [0.05, 0.1) is 35.4 Å². The fraction of sp³-hybridized carbons (Fsp3) is 0.281. The van der Waals surface area contributed by atoms with Crippen LogP contribution in [0.3, 0.4) is 0 Å². The molecule has 1 aliphatic carbocycles. The molecule has 7 nitrogen and oxygen atoms in total. The van der Waals surface area contributed by atoms with Crippen LogP contribution in [0.1, 0.15) is 29.3 Å². The lowest BCUT2D eigenvalue weighted by Gasteiger charge is -2.40. The average Bonchev–Trinajstić information content (AvgIpc) is 3.20. The van der Waals surface area contributed by atoms with Gasteiger partial charge in [-0.25, -0.2) is 4.79 Å². The Morgan fingerprint density at radius 1 is 0.923 bits per heavy atom. The number of nitrogens with zero attached hydrogens (tertiary/aromatic N) is 2. The fourth-order valence-electron chi connectivity index (χ4n) is 6.19. The van der Waals surface area contributed by atoms with E-state index in [4.69, 9.17) is 9.47 Å². The third kappa shape index (κ3) is 4.18. The van der Waals surface area contributed by atoms with Crippen LogP contribution in [0.4, 0.5) is 17.1 Å². The van der Waals surface area contributed by atoms with Gasteiger partial charge in [-0.3, -0.25) is 14.5 Å². The second-order valence-corrected chi connectivity index (χ2v) is 10.1. The van der Waals surface area contributed by atoms with E-state index in [1.165, 1.54) is 4.90 Å². The predicted octanol–water partition coefficient (Wildman–Crippen LogP) is 5.45. The van der Waals surface area contributed by atoms with Crippen molar-refractivity contribution in [3.8, 4) is 5.75 Å². The zero-order valence-electron chi connectivity index (χ0n) is 22.0. The molecule has 0 aromatic heterocycles. The molecule has 7 heteroatoms. The molecule has 0 unspecified atom stereocenters. The van der Waals surface area contributed by atoms with E-state index in [0.717, 1.165) is 22.5 Å². The molecule has 2 heterocycles. The Hall–Kier alpha value is -4.39. The summed E-state index contributed by atoms with van der Waals surface area (Å²) in [7, 11) is 0. The number of rotatable bonds is 4. The fourth-order valence-corrected chi connectivity index (χ4v) is 6.19. The molecule has 39 heavy (non-hydrogen) atoms. The van der Waals surface area contributed by atoms with E-state index in [1.807, 2.05) is 61.5 Å². The highest BCUT2D eigenvalue weighted by Gasteiger charge is 2.54. The van der Waals surface area contributed by atoms with Gasteiger partial charge < -0.3 is 14.4 Å². The van der Waals surface area contributed by atoms with Gasteiger partial charge >= 0.3 is 5.97 Å². The molecule has 3 atom stereocenters. The smallest absolute Gasteiger partial charge is 0.338 e. The summed E-state index contributed by atoms with van der Waals surface area (Å²) in [6.45, 7) is 4.73. The largest absolute Gasteiger partial charge is 0.487 e. The molecule has 198 valence electrons. The van der Waals surface area contributed by atoms with Crippen LogP contribution < -0.4 is 14.5 Å². The standard InChI is InChI=1S/C32H30N2O5/c1-3-38-32(37)24-16-17-27-29(20(24)2)33(22-10-6-4-7-11-22)18-26-21(19-39-27)14-15-25-28(26)31(36)34(30(25)35)23-12-8-5-9-13-23/h4-14,16-17,25-26,28H,3,15,18-19H2,1-2H3/t25-,26+,28-/m0/s1. The van der Waals surface area contributed by atoms with E-state index < -0.39 is 11.8 Å². The van der Waals surface area contributed by atoms with Crippen molar-refractivity contribution >= 4 is 34.8 Å². The molecule has 1 saturated heterocycles. The summed E-state index contributed by atoms with van der Waals surface area (Å²) in [5, 5.41) is 0. The minimum atomic E-state index is -0.498. The lowest BCUT2D eigenvalue weighted by Crippen LogP contribution is -2.41. The molecule has 3 aliphatic rings. The number of carbonyl (C=O) groups excluding carboxylic acids is 3. The lowest BCUT2D eigenvalue weighted by atomic mass is 9.72. The van der Waals surface area contributed by atoms with Gasteiger partial charge in [-0.1, -0.05) is 42.5 Å². The monoisotopic (exact) mass is 522 g/mol. The number of benzene rings is 3. The van der Waals surface area contributed by atoms with Gasteiger partial charge in [0.1, 0.15) is 12.4 Å². The van der Waals surface area contributed by atoms with Crippen molar-refractivity contribution in [1.82, 2.24) is 0 Å². The van der Waals surface area contributed by atoms with Crippen LogP contribution in [-0.4, -0.2) is 37.5 Å². The van der Waals surface area contributed by atoms with Crippen molar-refractivity contribution in [3.63, 3.8) is 0 Å². The quantitative estimate of drug-likeness (QED) is 0.258. The highest BCUT2D eigenvalue weighted by Crippen LogP contribution is 2.48. The topological polar surface area (TPSA) is 76.2 Å². The van der Waals surface area contributed by atoms with E-state index >= 15 is 0 Å². The van der Waals surface area contributed by atoms with E-state index in [0.29, 0.717) is 36.6 Å². The highest BCUT2D eigenvalue weighted by molar-refractivity contribution is 6.22. The minimum absolute atomic E-state index is 0.151. The van der Waals surface area contributed by atoms with E-state index in [-0.39, 0.29) is 30.3 Å². The molecule has 0 saturated carbocycles. The first kappa shape index (κ1) is 24.9. The van der Waals surface area contributed by atoms with E-state index in [9.17, 15) is 14.4 Å². The highest BCUT2D eigenvalue weighted by atomic mass is 16.5. The maximum atomic E-state index is 13.9. The number of anilines is 3. The van der Waals surface area contributed by atoms with Crippen molar-refractivity contribution in [2.24, 2.45) is 17.8 Å². The molecule has 6 rings (SSSR count). The molecule has 3 aromatic rings. The van der Waals surface area contributed by atoms with Crippen LogP contribution in [0.2, 0.25) is 0 Å². The normalized spacial score (nSPS) is 22.1. The van der Waals surface area contributed by atoms with Crippen molar-refractivity contribution in [2.45, 2.75) is 20.3 Å². The number of amides is 2. The number of carbonyl (C=O) groups is 3. The van der Waals surface area contributed by atoms with Gasteiger partial charge in [0, 0.05) is 18.2 Å². The maximum Gasteiger partial charge on any atom is 0.338 e. The number of hydrogen-bond acceptors (Lipinski definition) is 6. The summed E-state index contributed by atoms with van der Waals surface area (Å²) in [6.07, 6.45) is 2.59. The third-order valence-electron chi connectivity index (χ3n) is 8.04. The third-order valence-corrected chi connectivity index (χ3v) is 8.04. The average molecular weight is 523 g/mol. The zero-order valence-corrected chi connectivity index (χ0v) is 22.0. The first-order valence-electron chi connectivity index (χ1n) is 13.4. The Morgan fingerprint density at radius 3 is 2.31 bits per heavy atom. The van der Waals surface area contributed by atoms with Crippen molar-refractivity contribution in [1.29, 1.82) is 0 Å². The number of esters is 1. The number of imide groups is 1. The molecule has 1 fully saturated rings. The number of hydrogen-bond donors (Lipinski definition) is 0. The van der Waals surface area contributed by atoms with Crippen LogP contribution >= 0.6 is 0 Å². The molecule has 0 spiro atoms. The van der Waals surface area contributed by atoms with E-state index in [1.54, 1.807) is 25.1 Å². The first-order valence-corrected chi connectivity index (χ1v) is 13.4. The maximum absolute atomic E-state index is 13.9. The van der Waals surface area contributed by atoms with Crippen molar-refractivity contribution < 1.29 is 23.9 Å². The summed E-state index contributed by atoms with van der Waals surface area (Å²) in [5.41, 5.74) is 4.52. The Bertz CT molecular complexity index is 1470. The van der Waals surface area contributed by atoms with Gasteiger partial charge in [0.15, 0.2) is 0 Å². The van der Waals surface area contributed by atoms with Crippen LogP contribution in [-0.2, 0) is 14.3 Å². The molecule has 3 aromatic carbocycles. The Kier molecular flexibility index (Phi) is 6.43. The molecular weight excluding hydrogens is 492 g/mol. The number of allylic oxidation sites excluding steroid dienone is 1. The zero-order chi connectivity index (χ0) is 27.1. The predicted molar refractivity (Wildman–Crippen MR) is 148 cm³/mol. The molecule has 2 amide bonds. The number of para-hydroxylation sites is 2. The molecular formula is C32H30N2O5. The van der Waals surface area contributed by atoms with Crippen molar-refractivity contribution in [3.05, 3.63) is 95.6 Å². The molecule has 2 aliphatic heterocycles. The number of fused-ring (bicyclic) bond motifs is 4.